The first-order valence-corrected chi connectivity index (χ1v) is 9.53. The third-order valence-electron chi connectivity index (χ3n) is 4.98. The van der Waals surface area contributed by atoms with Gasteiger partial charge in [0.15, 0.2) is 0 Å². The zero-order valence-electron chi connectivity index (χ0n) is 16.8. The number of H-pyrrole nitrogens is 1. The monoisotopic (exact) mass is 399 g/mol. The number of amides is 1. The molecule has 0 atom stereocenters. The summed E-state index contributed by atoms with van der Waals surface area (Å²) in [6.07, 6.45) is 3.16. The first-order chi connectivity index (χ1) is 14.5. The molecule has 150 valence electrons. The van der Waals surface area contributed by atoms with E-state index in [2.05, 4.69) is 9.97 Å². The predicted octanol–water partition coefficient (Wildman–Crippen LogP) is 4.09. The Labute approximate surface area is 173 Å². The Morgan fingerprint density at radius 1 is 1.03 bits per heavy atom. The summed E-state index contributed by atoms with van der Waals surface area (Å²) >= 11 is 0. The van der Waals surface area contributed by atoms with Gasteiger partial charge in [0.1, 0.15) is 5.75 Å². The summed E-state index contributed by atoms with van der Waals surface area (Å²) in [5.74, 6) is 0.468. The molecule has 4 rings (SSSR count). The molecule has 1 N–H and O–H groups in total. The molecule has 6 nitrogen and oxygen atoms in total. The average Bonchev–Trinajstić information content (AvgIpc) is 2.78. The zero-order chi connectivity index (χ0) is 21.1. The SMILES string of the molecule is COc1ccc2cc(CN(C(=O)c3ccncc3)c3ccc(C)cc3)c(=O)[nH]c2c1. The number of methoxy groups -OCH3 is 1. The number of aromatic nitrogens is 2. The van der Waals surface area contributed by atoms with Gasteiger partial charge in [-0.3, -0.25) is 14.6 Å². The first-order valence-electron chi connectivity index (χ1n) is 9.53. The highest BCUT2D eigenvalue weighted by Crippen LogP contribution is 2.22. The van der Waals surface area contributed by atoms with Crippen LogP contribution in [0.5, 0.6) is 5.75 Å². The summed E-state index contributed by atoms with van der Waals surface area (Å²) < 4.78 is 5.22. The lowest BCUT2D eigenvalue weighted by Crippen LogP contribution is -2.32. The van der Waals surface area contributed by atoms with Crippen molar-refractivity contribution >= 4 is 22.5 Å². The molecule has 0 saturated heterocycles. The van der Waals surface area contributed by atoms with Crippen LogP contribution in [0.2, 0.25) is 0 Å². The number of hydrogen-bond acceptors (Lipinski definition) is 4. The molecule has 0 aliphatic heterocycles. The lowest BCUT2D eigenvalue weighted by Gasteiger charge is -2.23. The number of pyridine rings is 2. The largest absolute Gasteiger partial charge is 0.497 e. The van der Waals surface area contributed by atoms with Gasteiger partial charge in [0.05, 0.1) is 19.2 Å². The Morgan fingerprint density at radius 2 is 1.77 bits per heavy atom. The molecule has 30 heavy (non-hydrogen) atoms. The fourth-order valence-electron chi connectivity index (χ4n) is 3.30. The number of rotatable bonds is 5. The van der Waals surface area contributed by atoms with Crippen LogP contribution in [-0.2, 0) is 6.54 Å². The fourth-order valence-corrected chi connectivity index (χ4v) is 3.30. The standard InChI is InChI=1S/C24H21N3O3/c1-16-3-6-20(7-4-16)27(24(29)17-9-11-25-12-10-17)15-19-13-18-5-8-21(30-2)14-22(18)26-23(19)28/h3-14H,15H2,1-2H3,(H,26,28). The maximum absolute atomic E-state index is 13.3. The molecule has 0 radical (unpaired) electrons. The highest BCUT2D eigenvalue weighted by Gasteiger charge is 2.20. The fraction of sp³-hybridized carbons (Fsp3) is 0.125. The van der Waals surface area contributed by atoms with Gasteiger partial charge in [0, 0.05) is 35.3 Å². The van der Waals surface area contributed by atoms with Crippen molar-refractivity contribution < 1.29 is 9.53 Å². The molecule has 0 bridgehead atoms. The van der Waals surface area contributed by atoms with E-state index < -0.39 is 0 Å². The maximum atomic E-state index is 13.3. The van der Waals surface area contributed by atoms with Crippen LogP contribution in [0.25, 0.3) is 10.9 Å². The third-order valence-corrected chi connectivity index (χ3v) is 4.98. The van der Waals surface area contributed by atoms with E-state index in [0.717, 1.165) is 16.6 Å². The Balaban J connectivity index is 1.76. The molecule has 2 aromatic carbocycles. The average molecular weight is 399 g/mol. The van der Waals surface area contributed by atoms with Gasteiger partial charge >= 0.3 is 0 Å². The summed E-state index contributed by atoms with van der Waals surface area (Å²) in [4.78, 5) is 34.5. The predicted molar refractivity (Wildman–Crippen MR) is 117 cm³/mol. The second-order valence-electron chi connectivity index (χ2n) is 7.04. The number of ether oxygens (including phenoxy) is 1. The Bertz CT molecular complexity index is 1250. The second kappa shape index (κ2) is 8.21. The summed E-state index contributed by atoms with van der Waals surface area (Å²) in [6.45, 7) is 2.13. The van der Waals surface area contributed by atoms with Crippen molar-refractivity contribution in [3.05, 3.63) is 100 Å². The van der Waals surface area contributed by atoms with E-state index in [1.165, 1.54) is 0 Å². The van der Waals surface area contributed by atoms with Gasteiger partial charge in [-0.1, -0.05) is 17.7 Å². The maximum Gasteiger partial charge on any atom is 0.258 e. The number of nitrogens with one attached hydrogen (secondary N) is 1. The van der Waals surface area contributed by atoms with Gasteiger partial charge in [-0.2, -0.15) is 0 Å². The lowest BCUT2D eigenvalue weighted by molar-refractivity contribution is 0.0985. The normalized spacial score (nSPS) is 10.7. The number of aryl methyl sites for hydroxylation is 1. The van der Waals surface area contributed by atoms with Crippen molar-refractivity contribution in [2.24, 2.45) is 0 Å². The number of anilines is 1. The van der Waals surface area contributed by atoms with Crippen molar-refractivity contribution in [2.45, 2.75) is 13.5 Å². The number of carbonyl (C=O) groups excluding carboxylic acids is 1. The van der Waals surface area contributed by atoms with Crippen LogP contribution < -0.4 is 15.2 Å². The Morgan fingerprint density at radius 3 is 2.47 bits per heavy atom. The van der Waals surface area contributed by atoms with Crippen LogP contribution >= 0.6 is 0 Å². The van der Waals surface area contributed by atoms with Gasteiger partial charge in [0.25, 0.3) is 11.5 Å². The van der Waals surface area contributed by atoms with Gasteiger partial charge in [-0.25, -0.2) is 0 Å². The van der Waals surface area contributed by atoms with Crippen molar-refractivity contribution in [3.63, 3.8) is 0 Å². The van der Waals surface area contributed by atoms with Crippen molar-refractivity contribution in [2.75, 3.05) is 12.0 Å². The number of fused-ring (bicyclic) bond motifs is 1. The highest BCUT2D eigenvalue weighted by molar-refractivity contribution is 6.06. The molecule has 4 aromatic rings. The first kappa shape index (κ1) is 19.4. The summed E-state index contributed by atoms with van der Waals surface area (Å²) in [5, 5.41) is 0.866. The number of benzene rings is 2. The summed E-state index contributed by atoms with van der Waals surface area (Å²) in [6, 6.07) is 18.3. The van der Waals surface area contributed by atoms with E-state index in [0.29, 0.717) is 22.4 Å². The quantitative estimate of drug-likeness (QED) is 0.549. The topological polar surface area (TPSA) is 75.3 Å². The minimum atomic E-state index is -0.240. The molecule has 2 aromatic heterocycles. The van der Waals surface area contributed by atoms with E-state index in [9.17, 15) is 9.59 Å². The minimum Gasteiger partial charge on any atom is -0.497 e. The lowest BCUT2D eigenvalue weighted by atomic mass is 10.1. The molecule has 2 heterocycles. The van der Waals surface area contributed by atoms with Gasteiger partial charge in [-0.05, 0) is 54.8 Å². The van der Waals surface area contributed by atoms with Gasteiger partial charge < -0.3 is 14.6 Å². The van der Waals surface area contributed by atoms with Crippen LogP contribution in [-0.4, -0.2) is 23.0 Å². The molecule has 0 saturated carbocycles. The molecule has 0 spiro atoms. The van der Waals surface area contributed by atoms with Crippen LogP contribution in [0.4, 0.5) is 5.69 Å². The number of carbonyl (C=O) groups is 1. The van der Waals surface area contributed by atoms with E-state index in [1.54, 1.807) is 42.6 Å². The smallest absolute Gasteiger partial charge is 0.258 e. The van der Waals surface area contributed by atoms with Crippen molar-refractivity contribution in [1.29, 1.82) is 0 Å². The van der Waals surface area contributed by atoms with E-state index in [1.807, 2.05) is 49.4 Å². The zero-order valence-corrected chi connectivity index (χ0v) is 16.8. The van der Waals surface area contributed by atoms with E-state index in [-0.39, 0.29) is 18.0 Å². The number of hydrogen-bond donors (Lipinski definition) is 1. The molecule has 0 unspecified atom stereocenters. The third kappa shape index (κ3) is 3.93. The molecule has 0 aliphatic carbocycles. The van der Waals surface area contributed by atoms with Crippen LogP contribution in [0.3, 0.4) is 0 Å². The van der Waals surface area contributed by atoms with E-state index in [4.69, 9.17) is 4.74 Å². The molecule has 1 amide bonds. The molecular formula is C24H21N3O3. The van der Waals surface area contributed by atoms with Gasteiger partial charge in [-0.15, -0.1) is 0 Å². The van der Waals surface area contributed by atoms with Crippen LogP contribution in [0, 0.1) is 6.92 Å². The molecular weight excluding hydrogens is 378 g/mol. The highest BCUT2D eigenvalue weighted by atomic mass is 16.5. The number of nitrogens with zero attached hydrogens (tertiary/aromatic N) is 2. The summed E-state index contributed by atoms with van der Waals surface area (Å²) in [5.41, 5.74) is 3.26. The van der Waals surface area contributed by atoms with Crippen LogP contribution in [0.1, 0.15) is 21.5 Å². The van der Waals surface area contributed by atoms with E-state index >= 15 is 0 Å². The van der Waals surface area contributed by atoms with Crippen LogP contribution in [0.15, 0.2) is 77.9 Å². The number of aromatic amines is 1. The molecule has 0 aliphatic rings. The van der Waals surface area contributed by atoms with Crippen molar-refractivity contribution in [3.8, 4) is 5.75 Å². The minimum absolute atomic E-state index is 0.140. The molecule has 6 heteroatoms. The van der Waals surface area contributed by atoms with Crippen molar-refractivity contribution in [1.82, 2.24) is 9.97 Å². The second-order valence-corrected chi connectivity index (χ2v) is 7.04. The Hall–Kier alpha value is -3.93. The van der Waals surface area contributed by atoms with Gasteiger partial charge in [0.2, 0.25) is 0 Å². The molecule has 0 fully saturated rings. The Kier molecular flexibility index (Phi) is 5.30. The summed E-state index contributed by atoms with van der Waals surface area (Å²) in [7, 11) is 1.58.